The summed E-state index contributed by atoms with van der Waals surface area (Å²) in [5, 5.41) is 2.97. The molecule has 3 nitrogen and oxygen atoms in total. The molecule has 0 aliphatic rings. The van der Waals surface area contributed by atoms with E-state index < -0.39 is 9.84 Å². The topological polar surface area (TPSA) is 46.2 Å². The molecule has 0 unspecified atom stereocenters. The van der Waals surface area contributed by atoms with Crippen molar-refractivity contribution in [2.24, 2.45) is 0 Å². The quantitative estimate of drug-likeness (QED) is 0.898. The smallest absolute Gasteiger partial charge is 0.191 e. The fraction of sp³-hybridized carbons (Fsp3) is 0.538. The van der Waals surface area contributed by atoms with Crippen LogP contribution in [0.25, 0.3) is 0 Å². The highest BCUT2D eigenvalue weighted by molar-refractivity contribution is 7.91. The van der Waals surface area contributed by atoms with Crippen LogP contribution in [-0.2, 0) is 9.84 Å². The van der Waals surface area contributed by atoms with Crippen LogP contribution in [0, 0.1) is 20.8 Å². The first-order valence-electron chi connectivity index (χ1n) is 5.78. The van der Waals surface area contributed by atoms with Gasteiger partial charge in [0, 0.05) is 6.04 Å². The molecule has 0 aliphatic carbocycles. The minimum absolute atomic E-state index is 0.00456. The fourth-order valence-corrected chi connectivity index (χ4v) is 3.80. The van der Waals surface area contributed by atoms with Crippen molar-refractivity contribution < 1.29 is 8.42 Å². The molecule has 0 saturated heterocycles. The second-order valence-electron chi connectivity index (χ2n) is 4.85. The number of benzene rings is 1. The number of aryl methyl sites for hydroxylation is 3. The lowest BCUT2D eigenvalue weighted by Gasteiger charge is -2.14. The van der Waals surface area contributed by atoms with Gasteiger partial charge in [-0.1, -0.05) is 17.7 Å². The third-order valence-corrected chi connectivity index (χ3v) is 4.41. The Kier molecular flexibility index (Phi) is 4.33. The lowest BCUT2D eigenvalue weighted by Crippen LogP contribution is -2.30. The summed E-state index contributed by atoms with van der Waals surface area (Å²) in [6.45, 7) is 9.54. The SMILES string of the molecule is Cc1cc(C)c(S(=O)(=O)CNC(C)C)c(C)c1. The highest BCUT2D eigenvalue weighted by Crippen LogP contribution is 2.22. The molecule has 1 aromatic carbocycles. The monoisotopic (exact) mass is 255 g/mol. The van der Waals surface area contributed by atoms with Gasteiger partial charge in [0.15, 0.2) is 9.84 Å². The first kappa shape index (κ1) is 14.2. The summed E-state index contributed by atoms with van der Waals surface area (Å²) in [5.41, 5.74) is 2.75. The van der Waals surface area contributed by atoms with Crippen LogP contribution in [0.4, 0.5) is 0 Å². The molecule has 0 amide bonds. The maximum atomic E-state index is 12.2. The average molecular weight is 255 g/mol. The van der Waals surface area contributed by atoms with Crippen LogP contribution in [0.1, 0.15) is 30.5 Å². The molecule has 4 heteroatoms. The van der Waals surface area contributed by atoms with Crippen LogP contribution < -0.4 is 5.32 Å². The Morgan fingerprint density at radius 3 is 2.00 bits per heavy atom. The summed E-state index contributed by atoms with van der Waals surface area (Å²) < 4.78 is 24.5. The summed E-state index contributed by atoms with van der Waals surface area (Å²) in [6, 6.07) is 3.99. The van der Waals surface area contributed by atoms with Crippen molar-refractivity contribution in [3.63, 3.8) is 0 Å². The molecule has 1 N–H and O–H groups in total. The number of rotatable bonds is 4. The lowest BCUT2D eigenvalue weighted by molar-refractivity contribution is 0.572. The lowest BCUT2D eigenvalue weighted by atomic mass is 10.1. The number of sulfone groups is 1. The normalized spacial score (nSPS) is 12.1. The van der Waals surface area contributed by atoms with Gasteiger partial charge in [0.2, 0.25) is 0 Å². The van der Waals surface area contributed by atoms with Crippen molar-refractivity contribution >= 4 is 9.84 Å². The third kappa shape index (κ3) is 3.54. The standard InChI is InChI=1S/C13H21NO2S/c1-9(2)14-8-17(15,16)13-11(4)6-10(3)7-12(13)5/h6-7,9,14H,8H2,1-5H3. The van der Waals surface area contributed by atoms with E-state index >= 15 is 0 Å². The van der Waals surface area contributed by atoms with Gasteiger partial charge in [-0.05, 0) is 45.7 Å². The van der Waals surface area contributed by atoms with E-state index in [-0.39, 0.29) is 11.9 Å². The Balaban J connectivity index is 3.16. The van der Waals surface area contributed by atoms with E-state index in [4.69, 9.17) is 0 Å². The molecule has 96 valence electrons. The molecule has 0 aromatic heterocycles. The fourth-order valence-electron chi connectivity index (χ4n) is 2.01. The Morgan fingerprint density at radius 1 is 1.12 bits per heavy atom. The molecular formula is C13H21NO2S. The molecule has 0 radical (unpaired) electrons. The highest BCUT2D eigenvalue weighted by atomic mass is 32.2. The molecule has 0 aliphatic heterocycles. The Hall–Kier alpha value is -0.870. The predicted molar refractivity (Wildman–Crippen MR) is 71.0 cm³/mol. The van der Waals surface area contributed by atoms with Crippen molar-refractivity contribution in [2.75, 3.05) is 5.88 Å². The van der Waals surface area contributed by atoms with Gasteiger partial charge in [-0.2, -0.15) is 0 Å². The van der Waals surface area contributed by atoms with Crippen molar-refractivity contribution in [3.8, 4) is 0 Å². The predicted octanol–water partition coefficient (Wildman–Crippen LogP) is 2.34. The molecular weight excluding hydrogens is 234 g/mol. The van der Waals surface area contributed by atoms with Crippen LogP contribution in [0.15, 0.2) is 17.0 Å². The first-order chi connectivity index (χ1) is 7.74. The maximum Gasteiger partial charge on any atom is 0.191 e. The Labute approximate surface area is 104 Å². The van der Waals surface area contributed by atoms with Gasteiger partial charge in [-0.25, -0.2) is 8.42 Å². The maximum absolute atomic E-state index is 12.2. The minimum atomic E-state index is -3.24. The number of hydrogen-bond donors (Lipinski definition) is 1. The minimum Gasteiger partial charge on any atom is -0.301 e. The molecule has 0 bridgehead atoms. The summed E-state index contributed by atoms with van der Waals surface area (Å²) in [7, 11) is -3.24. The second-order valence-corrected chi connectivity index (χ2v) is 6.77. The van der Waals surface area contributed by atoms with Crippen molar-refractivity contribution in [1.29, 1.82) is 0 Å². The average Bonchev–Trinajstić information content (AvgIpc) is 2.12. The molecule has 1 rings (SSSR count). The van der Waals surface area contributed by atoms with Crippen molar-refractivity contribution in [2.45, 2.75) is 45.6 Å². The van der Waals surface area contributed by atoms with Gasteiger partial charge in [0.25, 0.3) is 0 Å². The van der Waals surface area contributed by atoms with Gasteiger partial charge in [-0.3, -0.25) is 0 Å². The summed E-state index contributed by atoms with van der Waals surface area (Å²) in [4.78, 5) is 0.469. The molecule has 0 spiro atoms. The van der Waals surface area contributed by atoms with Gasteiger partial charge in [0.1, 0.15) is 5.88 Å². The number of hydrogen-bond acceptors (Lipinski definition) is 3. The highest BCUT2D eigenvalue weighted by Gasteiger charge is 2.19. The van der Waals surface area contributed by atoms with Crippen LogP contribution in [0.3, 0.4) is 0 Å². The Bertz CT molecular complexity index is 481. The third-order valence-electron chi connectivity index (χ3n) is 2.60. The van der Waals surface area contributed by atoms with Gasteiger partial charge < -0.3 is 5.32 Å². The van der Waals surface area contributed by atoms with E-state index in [0.29, 0.717) is 4.90 Å². The Morgan fingerprint density at radius 2 is 1.59 bits per heavy atom. The van der Waals surface area contributed by atoms with Gasteiger partial charge in [-0.15, -0.1) is 0 Å². The van der Waals surface area contributed by atoms with Gasteiger partial charge >= 0.3 is 0 Å². The van der Waals surface area contributed by atoms with E-state index in [1.165, 1.54) is 0 Å². The molecule has 0 heterocycles. The summed E-state index contributed by atoms with van der Waals surface area (Å²) in [6.07, 6.45) is 0. The van der Waals surface area contributed by atoms with Crippen LogP contribution >= 0.6 is 0 Å². The molecule has 0 atom stereocenters. The summed E-state index contributed by atoms with van der Waals surface area (Å²) in [5.74, 6) is -0.00456. The second kappa shape index (κ2) is 5.19. The van der Waals surface area contributed by atoms with E-state index in [2.05, 4.69) is 5.32 Å². The largest absolute Gasteiger partial charge is 0.301 e. The molecule has 0 saturated carbocycles. The zero-order chi connectivity index (χ0) is 13.2. The van der Waals surface area contributed by atoms with Crippen LogP contribution in [-0.4, -0.2) is 20.3 Å². The van der Waals surface area contributed by atoms with E-state index in [1.54, 1.807) is 0 Å². The first-order valence-corrected chi connectivity index (χ1v) is 7.43. The van der Waals surface area contributed by atoms with E-state index in [0.717, 1.165) is 16.7 Å². The van der Waals surface area contributed by atoms with Crippen molar-refractivity contribution in [3.05, 3.63) is 28.8 Å². The zero-order valence-electron chi connectivity index (χ0n) is 11.2. The van der Waals surface area contributed by atoms with Crippen molar-refractivity contribution in [1.82, 2.24) is 5.32 Å². The number of nitrogens with one attached hydrogen (secondary N) is 1. The molecule has 1 aromatic rings. The van der Waals surface area contributed by atoms with Crippen LogP contribution in [0.5, 0.6) is 0 Å². The molecule has 0 fully saturated rings. The van der Waals surface area contributed by atoms with E-state index in [1.807, 2.05) is 46.8 Å². The molecule has 17 heavy (non-hydrogen) atoms. The zero-order valence-corrected chi connectivity index (χ0v) is 12.0. The summed E-state index contributed by atoms with van der Waals surface area (Å²) >= 11 is 0. The van der Waals surface area contributed by atoms with E-state index in [9.17, 15) is 8.42 Å². The van der Waals surface area contributed by atoms with Crippen LogP contribution in [0.2, 0.25) is 0 Å². The van der Waals surface area contributed by atoms with Gasteiger partial charge in [0.05, 0.1) is 4.90 Å².